The Hall–Kier alpha value is -2.90. The van der Waals surface area contributed by atoms with Crippen LogP contribution in [0.15, 0.2) is 48.5 Å². The molecule has 1 aromatic heterocycles. The maximum atomic E-state index is 13.0. The molecule has 7 heteroatoms. The predicted molar refractivity (Wildman–Crippen MR) is 110 cm³/mol. The quantitative estimate of drug-likeness (QED) is 0.599. The zero-order chi connectivity index (χ0) is 20.4. The number of methoxy groups -OCH3 is 1. The zero-order valence-electron chi connectivity index (χ0n) is 16.5. The van der Waals surface area contributed by atoms with Gasteiger partial charge in [0.05, 0.1) is 31.3 Å². The van der Waals surface area contributed by atoms with Crippen molar-refractivity contribution in [3.05, 3.63) is 65.6 Å². The van der Waals surface area contributed by atoms with Gasteiger partial charge in [0.1, 0.15) is 11.6 Å². The summed E-state index contributed by atoms with van der Waals surface area (Å²) in [6.45, 7) is 2.96. The van der Waals surface area contributed by atoms with Gasteiger partial charge in [-0.25, -0.2) is 15.2 Å². The fourth-order valence-electron chi connectivity index (χ4n) is 3.97. The molecule has 152 valence electrons. The molecule has 0 spiro atoms. The van der Waals surface area contributed by atoms with Gasteiger partial charge < -0.3 is 14.6 Å². The highest BCUT2D eigenvalue weighted by atomic mass is 19.1. The maximum absolute atomic E-state index is 13.0. The second-order valence-corrected chi connectivity index (χ2v) is 7.21. The molecule has 6 nitrogen and oxygen atoms in total. The van der Waals surface area contributed by atoms with E-state index in [0.717, 1.165) is 34.5 Å². The Morgan fingerprint density at radius 1 is 1.24 bits per heavy atom. The minimum Gasteiger partial charge on any atom is -0.496 e. The molecule has 0 aliphatic carbocycles. The van der Waals surface area contributed by atoms with Crippen molar-refractivity contribution in [3.63, 3.8) is 0 Å². The first-order valence-electron chi connectivity index (χ1n) is 9.80. The van der Waals surface area contributed by atoms with Crippen LogP contribution in [-0.4, -0.2) is 23.7 Å². The van der Waals surface area contributed by atoms with Gasteiger partial charge in [-0.3, -0.25) is 4.79 Å². The molecule has 1 aliphatic heterocycles. The fraction of sp³-hybridized carbons (Fsp3) is 0.318. The molecule has 0 radical (unpaired) electrons. The summed E-state index contributed by atoms with van der Waals surface area (Å²) < 4.78 is 20.8. The Balaban J connectivity index is 1.45. The lowest BCUT2D eigenvalue weighted by molar-refractivity contribution is -0.121. The molecular weight excluding hydrogens is 371 g/mol. The van der Waals surface area contributed by atoms with Gasteiger partial charge in [-0.1, -0.05) is 18.2 Å². The van der Waals surface area contributed by atoms with Crippen molar-refractivity contribution >= 4 is 16.8 Å². The van der Waals surface area contributed by atoms with Crippen molar-refractivity contribution in [2.45, 2.75) is 38.5 Å². The van der Waals surface area contributed by atoms with E-state index in [-0.39, 0.29) is 30.4 Å². The number of nitrogens with one attached hydrogen (secondary N) is 3. The summed E-state index contributed by atoms with van der Waals surface area (Å²) >= 11 is 0. The first-order valence-corrected chi connectivity index (χ1v) is 9.80. The average molecular weight is 396 g/mol. The fourth-order valence-corrected chi connectivity index (χ4v) is 3.97. The Labute approximate surface area is 169 Å². The van der Waals surface area contributed by atoms with Crippen molar-refractivity contribution < 1.29 is 13.9 Å². The van der Waals surface area contributed by atoms with E-state index in [1.807, 2.05) is 12.1 Å². The van der Waals surface area contributed by atoms with Gasteiger partial charge in [-0.15, -0.1) is 0 Å². The lowest BCUT2D eigenvalue weighted by Gasteiger charge is -2.14. The number of ether oxygens (including phenoxy) is 1. The van der Waals surface area contributed by atoms with Crippen molar-refractivity contribution in [1.29, 1.82) is 0 Å². The summed E-state index contributed by atoms with van der Waals surface area (Å²) in [6, 6.07) is 14.3. The van der Waals surface area contributed by atoms with Crippen LogP contribution in [0.3, 0.4) is 0 Å². The number of rotatable bonds is 6. The van der Waals surface area contributed by atoms with E-state index in [9.17, 15) is 9.18 Å². The van der Waals surface area contributed by atoms with Crippen LogP contribution in [0.25, 0.3) is 10.9 Å². The largest absolute Gasteiger partial charge is 0.496 e. The number of benzene rings is 2. The lowest BCUT2D eigenvalue weighted by atomic mass is 10.1. The molecule has 0 saturated carbocycles. The van der Waals surface area contributed by atoms with E-state index in [1.54, 1.807) is 19.2 Å². The highest BCUT2D eigenvalue weighted by Gasteiger charge is 2.29. The number of aromatic nitrogens is 1. The van der Waals surface area contributed by atoms with Gasteiger partial charge in [0.2, 0.25) is 5.91 Å². The van der Waals surface area contributed by atoms with Crippen molar-refractivity contribution in [3.8, 4) is 5.75 Å². The van der Waals surface area contributed by atoms with Gasteiger partial charge in [0.15, 0.2) is 0 Å². The summed E-state index contributed by atoms with van der Waals surface area (Å²) in [5.41, 5.74) is 9.53. The Morgan fingerprint density at radius 2 is 2.03 bits per heavy atom. The van der Waals surface area contributed by atoms with E-state index in [4.69, 9.17) is 4.74 Å². The van der Waals surface area contributed by atoms with E-state index in [1.165, 1.54) is 12.1 Å². The molecule has 3 aromatic rings. The molecule has 3 N–H and O–H groups in total. The molecule has 1 aliphatic rings. The van der Waals surface area contributed by atoms with Crippen LogP contribution in [0.2, 0.25) is 0 Å². The minimum atomic E-state index is -0.304. The number of amides is 1. The normalized spacial score (nSPS) is 18.9. The highest BCUT2D eigenvalue weighted by molar-refractivity contribution is 5.87. The molecule has 2 atom stereocenters. The number of carbonyl (C=O) groups is 1. The molecular formula is C22H25FN4O2. The van der Waals surface area contributed by atoms with E-state index in [2.05, 4.69) is 39.8 Å². The van der Waals surface area contributed by atoms with Crippen LogP contribution in [0.1, 0.15) is 30.6 Å². The molecule has 2 heterocycles. The third kappa shape index (κ3) is 3.97. The minimum absolute atomic E-state index is 0.0585. The summed E-state index contributed by atoms with van der Waals surface area (Å²) in [5, 5.41) is 4.08. The van der Waals surface area contributed by atoms with Crippen LogP contribution in [0, 0.1) is 5.82 Å². The third-order valence-corrected chi connectivity index (χ3v) is 5.35. The standard InChI is InChI=1S/C22H25FN4O2/c1-3-27-18-5-4-6-20(29-2)16(18)12-19(27)17-13-21(26-25-17)24-22(28)11-14-7-9-15(23)10-8-14/h4-10,12,17,21,25-26H,3,11,13H2,1-2H3,(H,24,28). The summed E-state index contributed by atoms with van der Waals surface area (Å²) in [5.74, 6) is 0.446. The number of carbonyl (C=O) groups excluding carboxylic acids is 1. The highest BCUT2D eigenvalue weighted by Crippen LogP contribution is 2.33. The Kier molecular flexibility index (Phi) is 5.51. The number of hydrogen-bond acceptors (Lipinski definition) is 4. The summed E-state index contributed by atoms with van der Waals surface area (Å²) in [6.07, 6.45) is 0.752. The maximum Gasteiger partial charge on any atom is 0.225 e. The van der Waals surface area contributed by atoms with Crippen LogP contribution >= 0.6 is 0 Å². The monoisotopic (exact) mass is 396 g/mol. The number of hydrazine groups is 1. The molecule has 29 heavy (non-hydrogen) atoms. The molecule has 2 unspecified atom stereocenters. The second kappa shape index (κ2) is 8.23. The molecule has 1 saturated heterocycles. The van der Waals surface area contributed by atoms with Gasteiger partial charge in [-0.05, 0) is 42.8 Å². The number of aryl methyl sites for hydroxylation is 1. The average Bonchev–Trinajstić information content (AvgIpc) is 3.33. The predicted octanol–water partition coefficient (Wildman–Crippen LogP) is 3.03. The second-order valence-electron chi connectivity index (χ2n) is 7.21. The van der Waals surface area contributed by atoms with Crippen molar-refractivity contribution in [1.82, 2.24) is 20.7 Å². The van der Waals surface area contributed by atoms with Gasteiger partial charge in [0.25, 0.3) is 0 Å². The van der Waals surface area contributed by atoms with Gasteiger partial charge >= 0.3 is 0 Å². The Bertz CT molecular complexity index is 1020. The van der Waals surface area contributed by atoms with Crippen LogP contribution in [0.4, 0.5) is 4.39 Å². The molecule has 0 bridgehead atoms. The SMILES string of the molecule is CCn1c(C2CC(NC(=O)Cc3ccc(F)cc3)NN2)cc2c(OC)cccc21. The number of halogens is 1. The van der Waals surface area contributed by atoms with Gasteiger partial charge in [-0.2, -0.15) is 0 Å². The lowest BCUT2D eigenvalue weighted by Crippen LogP contribution is -2.44. The smallest absolute Gasteiger partial charge is 0.225 e. The van der Waals surface area contributed by atoms with Crippen molar-refractivity contribution in [2.75, 3.05) is 7.11 Å². The summed E-state index contributed by atoms with van der Waals surface area (Å²) in [4.78, 5) is 12.3. The number of fused-ring (bicyclic) bond motifs is 1. The Morgan fingerprint density at radius 3 is 2.76 bits per heavy atom. The molecule has 1 amide bonds. The topological polar surface area (TPSA) is 67.3 Å². The third-order valence-electron chi connectivity index (χ3n) is 5.35. The first-order chi connectivity index (χ1) is 14.1. The van der Waals surface area contributed by atoms with Crippen LogP contribution in [0.5, 0.6) is 5.75 Å². The first kappa shape index (κ1) is 19.4. The van der Waals surface area contributed by atoms with Crippen LogP contribution in [-0.2, 0) is 17.8 Å². The van der Waals surface area contributed by atoms with Crippen molar-refractivity contribution in [2.24, 2.45) is 0 Å². The van der Waals surface area contributed by atoms with Crippen LogP contribution < -0.4 is 20.9 Å². The van der Waals surface area contributed by atoms with Gasteiger partial charge in [0, 0.05) is 24.0 Å². The zero-order valence-corrected chi connectivity index (χ0v) is 16.5. The van der Waals surface area contributed by atoms with E-state index >= 15 is 0 Å². The number of hydrogen-bond donors (Lipinski definition) is 3. The molecule has 2 aromatic carbocycles. The molecule has 4 rings (SSSR count). The summed E-state index contributed by atoms with van der Waals surface area (Å²) in [7, 11) is 1.68. The van der Waals surface area contributed by atoms with E-state index < -0.39 is 0 Å². The number of nitrogens with zero attached hydrogens (tertiary/aromatic N) is 1. The molecule has 1 fully saturated rings. The van der Waals surface area contributed by atoms with E-state index in [0.29, 0.717) is 6.42 Å².